The first-order valence-electron chi connectivity index (χ1n) is 8.69. The molecule has 0 saturated heterocycles. The molecule has 0 aliphatic heterocycles. The van der Waals surface area contributed by atoms with Crippen LogP contribution in [0.1, 0.15) is 50.1 Å². The number of thiazole rings is 1. The Bertz CT molecular complexity index is 972. The van der Waals surface area contributed by atoms with E-state index >= 15 is 0 Å². The van der Waals surface area contributed by atoms with E-state index in [2.05, 4.69) is 9.97 Å². The highest BCUT2D eigenvalue weighted by molar-refractivity contribution is 7.18. The number of benzene rings is 1. The fourth-order valence-electron chi connectivity index (χ4n) is 3.14. The normalized spacial score (nSPS) is 12.5. The van der Waals surface area contributed by atoms with Crippen molar-refractivity contribution in [1.29, 1.82) is 0 Å². The van der Waals surface area contributed by atoms with Crippen LogP contribution in [-0.4, -0.2) is 47.3 Å². The number of ether oxygens (including phenoxy) is 1. The average Bonchev–Trinajstić information content (AvgIpc) is 3.21. The van der Waals surface area contributed by atoms with Crippen LogP contribution in [0.2, 0.25) is 0 Å². The summed E-state index contributed by atoms with van der Waals surface area (Å²) in [5.41, 5.74) is 3.14. The third-order valence-corrected chi connectivity index (χ3v) is 6.03. The number of likely N-dealkylation sites (N-methyl/N-ethyl adjacent to an activating group) is 1. The molecule has 0 unspecified atom stereocenters. The van der Waals surface area contributed by atoms with Crippen molar-refractivity contribution in [2.75, 3.05) is 20.7 Å². The number of fused-ring (bicyclic) bond motifs is 1. The maximum atomic E-state index is 12.8. The molecule has 0 radical (unpaired) electrons. The minimum atomic E-state index is -0.434. The number of esters is 1. The molecule has 0 aliphatic carbocycles. The number of hydrogen-bond donors (Lipinski definition) is 1. The van der Waals surface area contributed by atoms with Crippen LogP contribution in [-0.2, 0) is 4.74 Å². The molecule has 2 aromatic heterocycles. The number of rotatable bonds is 6. The van der Waals surface area contributed by atoms with Crippen molar-refractivity contribution in [2.45, 2.75) is 26.8 Å². The second-order valence-corrected chi connectivity index (χ2v) is 7.71. The van der Waals surface area contributed by atoms with Gasteiger partial charge in [-0.05, 0) is 45.5 Å². The summed E-state index contributed by atoms with van der Waals surface area (Å²) in [5.74, 6) is -0.502. The van der Waals surface area contributed by atoms with E-state index < -0.39 is 5.97 Å². The van der Waals surface area contributed by atoms with Crippen molar-refractivity contribution < 1.29 is 14.3 Å². The maximum absolute atomic E-state index is 12.8. The topological polar surface area (TPSA) is 75.3 Å². The summed E-state index contributed by atoms with van der Waals surface area (Å²) in [4.78, 5) is 34.4. The van der Waals surface area contributed by atoms with Crippen LogP contribution in [0.4, 0.5) is 0 Å². The van der Waals surface area contributed by atoms with E-state index in [1.165, 1.54) is 7.11 Å². The molecule has 0 aliphatic rings. The number of nitrogens with one attached hydrogen (secondary N) is 1. The summed E-state index contributed by atoms with van der Waals surface area (Å²) in [6, 6.07) is 8.01. The molecule has 7 heteroatoms. The quantitative estimate of drug-likeness (QED) is 0.514. The lowest BCUT2D eigenvalue weighted by molar-refractivity contribution is 0.0599. The third kappa shape index (κ3) is 3.65. The van der Waals surface area contributed by atoms with E-state index in [4.69, 9.17) is 4.74 Å². The molecule has 3 aromatic rings. The van der Waals surface area contributed by atoms with Crippen LogP contribution in [0.5, 0.6) is 0 Å². The standard InChI is InChI=1S/C20H23N3O3S/c1-11-17(20(25)26-5)12(2)21-18(11)15(24)10-23(4)13(3)19-22-14-8-6-7-9-16(14)27-19/h6-9,13,21H,10H2,1-5H3/t13-/m1/s1. The monoisotopic (exact) mass is 385 g/mol. The van der Waals surface area contributed by atoms with Gasteiger partial charge < -0.3 is 9.72 Å². The van der Waals surface area contributed by atoms with E-state index in [0.29, 0.717) is 22.5 Å². The zero-order valence-corrected chi connectivity index (χ0v) is 16.9. The van der Waals surface area contributed by atoms with Gasteiger partial charge in [-0.2, -0.15) is 0 Å². The van der Waals surface area contributed by atoms with Gasteiger partial charge in [-0.25, -0.2) is 9.78 Å². The fourth-order valence-corrected chi connectivity index (χ4v) is 4.22. The third-order valence-electron chi connectivity index (χ3n) is 4.83. The molecule has 1 atom stereocenters. The highest BCUT2D eigenvalue weighted by Crippen LogP contribution is 2.29. The van der Waals surface area contributed by atoms with Crippen molar-refractivity contribution in [3.05, 3.63) is 51.8 Å². The number of para-hydroxylation sites is 1. The second-order valence-electron chi connectivity index (χ2n) is 6.65. The lowest BCUT2D eigenvalue weighted by Crippen LogP contribution is -2.29. The maximum Gasteiger partial charge on any atom is 0.339 e. The highest BCUT2D eigenvalue weighted by Gasteiger charge is 2.25. The molecule has 142 valence electrons. The lowest BCUT2D eigenvalue weighted by atomic mass is 10.1. The molecular weight excluding hydrogens is 362 g/mol. The van der Waals surface area contributed by atoms with E-state index in [1.807, 2.05) is 43.1 Å². The number of carbonyl (C=O) groups excluding carboxylic acids is 2. The molecule has 27 heavy (non-hydrogen) atoms. The minimum absolute atomic E-state index is 0.00259. The van der Waals surface area contributed by atoms with Crippen molar-refractivity contribution in [3.63, 3.8) is 0 Å². The van der Waals surface area contributed by atoms with Crippen LogP contribution < -0.4 is 0 Å². The number of ketones is 1. The molecule has 0 spiro atoms. The Kier molecular flexibility index (Phi) is 5.43. The number of hydrogen-bond acceptors (Lipinski definition) is 6. The SMILES string of the molecule is COC(=O)c1c(C)[nH]c(C(=O)CN(C)[C@H](C)c2nc3ccccc3s2)c1C. The van der Waals surface area contributed by atoms with Crippen molar-refractivity contribution >= 4 is 33.3 Å². The lowest BCUT2D eigenvalue weighted by Gasteiger charge is -2.22. The van der Waals surface area contributed by atoms with Gasteiger partial charge in [0.2, 0.25) is 0 Å². The average molecular weight is 385 g/mol. The predicted octanol–water partition coefficient (Wildman–Crippen LogP) is 3.90. The number of carbonyl (C=O) groups is 2. The van der Waals surface area contributed by atoms with Gasteiger partial charge in [0.25, 0.3) is 0 Å². The van der Waals surface area contributed by atoms with E-state index in [1.54, 1.807) is 25.2 Å². The summed E-state index contributed by atoms with van der Waals surface area (Å²) in [6.07, 6.45) is 0. The van der Waals surface area contributed by atoms with E-state index in [-0.39, 0.29) is 18.4 Å². The molecule has 3 rings (SSSR count). The Morgan fingerprint density at radius 1 is 1.30 bits per heavy atom. The zero-order valence-electron chi connectivity index (χ0n) is 16.1. The summed E-state index contributed by atoms with van der Waals surface area (Å²) in [5, 5.41) is 0.973. The van der Waals surface area contributed by atoms with Gasteiger partial charge in [0.1, 0.15) is 5.01 Å². The first kappa shape index (κ1) is 19.3. The number of aromatic amines is 1. The zero-order chi connectivity index (χ0) is 19.7. The van der Waals surface area contributed by atoms with Crippen LogP contribution in [0.3, 0.4) is 0 Å². The number of aryl methyl sites for hydroxylation is 1. The number of aromatic nitrogens is 2. The molecule has 0 fully saturated rings. The van der Waals surface area contributed by atoms with Crippen molar-refractivity contribution in [3.8, 4) is 0 Å². The molecule has 2 heterocycles. The van der Waals surface area contributed by atoms with Crippen molar-refractivity contribution in [2.24, 2.45) is 0 Å². The molecule has 0 saturated carbocycles. The number of methoxy groups -OCH3 is 1. The highest BCUT2D eigenvalue weighted by atomic mass is 32.1. The number of Topliss-reactive ketones (excluding diaryl/α,β-unsaturated/α-hetero) is 1. The van der Waals surface area contributed by atoms with Gasteiger partial charge in [0.05, 0.1) is 41.2 Å². The number of nitrogens with zero attached hydrogens (tertiary/aromatic N) is 2. The number of H-pyrrole nitrogens is 1. The first-order valence-corrected chi connectivity index (χ1v) is 9.51. The summed E-state index contributed by atoms with van der Waals surface area (Å²) in [7, 11) is 3.24. The van der Waals surface area contributed by atoms with Gasteiger partial charge >= 0.3 is 5.97 Å². The smallest absolute Gasteiger partial charge is 0.339 e. The fraction of sp³-hybridized carbons (Fsp3) is 0.350. The van der Waals surface area contributed by atoms with Crippen molar-refractivity contribution in [1.82, 2.24) is 14.9 Å². The molecule has 6 nitrogen and oxygen atoms in total. The molecule has 1 aromatic carbocycles. The van der Waals surface area contributed by atoms with Gasteiger partial charge in [-0.15, -0.1) is 11.3 Å². The molecule has 0 bridgehead atoms. The van der Waals surface area contributed by atoms with Gasteiger partial charge in [-0.3, -0.25) is 9.69 Å². The van der Waals surface area contributed by atoms with E-state index in [0.717, 1.165) is 15.2 Å². The Labute approximate surface area is 162 Å². The van der Waals surface area contributed by atoms with Gasteiger partial charge in [0.15, 0.2) is 5.78 Å². The molecule has 1 N–H and O–H groups in total. The first-order chi connectivity index (χ1) is 12.8. The largest absolute Gasteiger partial charge is 0.465 e. The Morgan fingerprint density at radius 2 is 2.00 bits per heavy atom. The van der Waals surface area contributed by atoms with E-state index in [9.17, 15) is 9.59 Å². The second kappa shape index (κ2) is 7.62. The van der Waals surface area contributed by atoms with Gasteiger partial charge in [0, 0.05) is 5.69 Å². The predicted molar refractivity (Wildman–Crippen MR) is 107 cm³/mol. The molecular formula is C20H23N3O3S. The summed E-state index contributed by atoms with van der Waals surface area (Å²) < 4.78 is 5.95. The van der Waals surface area contributed by atoms with Crippen LogP contribution >= 0.6 is 11.3 Å². The van der Waals surface area contributed by atoms with Crippen LogP contribution in [0.15, 0.2) is 24.3 Å². The van der Waals surface area contributed by atoms with Crippen LogP contribution in [0.25, 0.3) is 10.2 Å². The minimum Gasteiger partial charge on any atom is -0.465 e. The molecule has 0 amide bonds. The van der Waals surface area contributed by atoms with Crippen LogP contribution in [0, 0.1) is 13.8 Å². The Hall–Kier alpha value is -2.51. The Morgan fingerprint density at radius 3 is 2.67 bits per heavy atom. The summed E-state index contributed by atoms with van der Waals surface area (Å²) in [6.45, 7) is 5.79. The summed E-state index contributed by atoms with van der Waals surface area (Å²) >= 11 is 1.64. The Balaban J connectivity index is 1.78. The van der Waals surface area contributed by atoms with Gasteiger partial charge in [-0.1, -0.05) is 12.1 Å².